The predicted octanol–water partition coefficient (Wildman–Crippen LogP) is 3.54. The molecule has 1 saturated heterocycles. The Bertz CT molecular complexity index is 1810. The van der Waals surface area contributed by atoms with Crippen LogP contribution >= 0.6 is 11.3 Å². The molecule has 0 spiro atoms. The van der Waals surface area contributed by atoms with Crippen LogP contribution in [0.15, 0.2) is 54.0 Å². The Kier molecular flexibility index (Phi) is 19.5. The van der Waals surface area contributed by atoms with Crippen LogP contribution in [-0.2, 0) is 57.7 Å². The number of nitrogens with two attached hydrogens (primary N) is 3. The van der Waals surface area contributed by atoms with Crippen molar-refractivity contribution in [3.05, 3.63) is 76.4 Å². The molecule has 1 unspecified atom stereocenters. The van der Waals surface area contributed by atoms with Gasteiger partial charge in [-0.3, -0.25) is 19.2 Å². The molecule has 2 heterocycles. The van der Waals surface area contributed by atoms with E-state index >= 15 is 0 Å². The second-order valence-electron chi connectivity index (χ2n) is 16.3. The molecule has 0 aliphatic carbocycles. The quantitative estimate of drug-likeness (QED) is 0.0697. The molecule has 16 heteroatoms. The molecular weight excluding hydrogens is 789 g/mol. The minimum atomic E-state index is -0.940. The Morgan fingerprint density at radius 3 is 2.25 bits per heavy atom. The van der Waals surface area contributed by atoms with Crippen molar-refractivity contribution in [2.75, 3.05) is 39.6 Å². The molecule has 4 amide bonds. The molecule has 1 aliphatic heterocycles. The largest absolute Gasteiger partial charge is 0.391 e. The molecule has 8 N–H and O–H groups in total. The van der Waals surface area contributed by atoms with Crippen molar-refractivity contribution >= 4 is 35.0 Å². The van der Waals surface area contributed by atoms with Gasteiger partial charge in [0.15, 0.2) is 0 Å². The number of β-amino-alcohol motifs (C(OH)–C–C–N with tert-alkyl or cyclic N) is 1. The first-order valence-electron chi connectivity index (χ1n) is 20.7. The summed E-state index contributed by atoms with van der Waals surface area (Å²) in [6, 6.07) is 15.0. The summed E-state index contributed by atoms with van der Waals surface area (Å²) in [6.45, 7) is 10.0. The minimum Gasteiger partial charge on any atom is -0.391 e. The van der Waals surface area contributed by atoms with Crippen molar-refractivity contribution in [2.24, 2.45) is 22.6 Å². The normalized spacial score (nSPS) is 17.0. The Hall–Kier alpha value is -4.29. The lowest BCUT2D eigenvalue weighted by atomic mass is 9.82. The third-order valence-corrected chi connectivity index (χ3v) is 11.5. The van der Waals surface area contributed by atoms with Crippen molar-refractivity contribution in [1.82, 2.24) is 15.2 Å². The second-order valence-corrected chi connectivity index (χ2v) is 17.1. The zero-order valence-corrected chi connectivity index (χ0v) is 36.3. The van der Waals surface area contributed by atoms with E-state index in [9.17, 15) is 24.3 Å². The van der Waals surface area contributed by atoms with Crippen LogP contribution in [-0.4, -0.2) is 109 Å². The molecule has 4 rings (SSSR count). The summed E-state index contributed by atoms with van der Waals surface area (Å²) >= 11 is 1.58. The number of likely N-dealkylation sites (tertiary alicyclic amines) is 1. The molecule has 5 atom stereocenters. The van der Waals surface area contributed by atoms with Gasteiger partial charge in [-0.05, 0) is 67.2 Å². The van der Waals surface area contributed by atoms with Gasteiger partial charge in [0.1, 0.15) is 12.1 Å². The highest BCUT2D eigenvalue weighted by Crippen LogP contribution is 2.31. The summed E-state index contributed by atoms with van der Waals surface area (Å²) in [6.07, 6.45) is 0.856. The summed E-state index contributed by atoms with van der Waals surface area (Å²) in [5.41, 5.74) is 23.2. The minimum absolute atomic E-state index is 0.0277. The van der Waals surface area contributed by atoms with E-state index in [0.29, 0.717) is 32.8 Å². The number of aliphatic hydroxyl groups excluding tert-OH is 1. The molecule has 0 radical (unpaired) electrons. The van der Waals surface area contributed by atoms with E-state index in [1.54, 1.807) is 11.3 Å². The predicted molar refractivity (Wildman–Crippen MR) is 229 cm³/mol. The third kappa shape index (κ3) is 16.3. The second kappa shape index (κ2) is 24.2. The van der Waals surface area contributed by atoms with E-state index in [4.69, 9.17) is 36.1 Å². The number of primary amides is 2. The van der Waals surface area contributed by atoms with Crippen LogP contribution in [0.3, 0.4) is 0 Å². The van der Waals surface area contributed by atoms with Gasteiger partial charge in [-0.1, -0.05) is 62.4 Å². The van der Waals surface area contributed by atoms with Crippen molar-refractivity contribution in [3.63, 3.8) is 0 Å². The molecule has 3 aromatic rings. The Morgan fingerprint density at radius 1 is 0.950 bits per heavy atom. The summed E-state index contributed by atoms with van der Waals surface area (Å²) < 4.78 is 23.0. The van der Waals surface area contributed by atoms with E-state index in [1.165, 1.54) is 10.5 Å². The number of aryl methyl sites for hydroxylation is 2. The first-order valence-corrected chi connectivity index (χ1v) is 21.5. The van der Waals surface area contributed by atoms with Crippen LogP contribution < -0.4 is 22.5 Å². The lowest BCUT2D eigenvalue weighted by Crippen LogP contribution is -2.47. The molecule has 1 aliphatic rings. The number of rotatable bonds is 27. The third-order valence-electron chi connectivity index (χ3n) is 10.6. The molecule has 330 valence electrons. The van der Waals surface area contributed by atoms with E-state index < -0.39 is 29.6 Å². The van der Waals surface area contributed by atoms with Gasteiger partial charge in [-0.2, -0.15) is 0 Å². The van der Waals surface area contributed by atoms with Crippen molar-refractivity contribution in [3.8, 4) is 10.4 Å². The zero-order valence-electron chi connectivity index (χ0n) is 35.4. The van der Waals surface area contributed by atoms with Crippen LogP contribution in [0.2, 0.25) is 0 Å². The molecule has 1 aromatic heterocycles. The average Bonchev–Trinajstić information content (AvgIpc) is 3.83. The molecule has 2 aromatic carbocycles. The Labute approximate surface area is 357 Å². The van der Waals surface area contributed by atoms with Gasteiger partial charge in [-0.15, -0.1) is 11.3 Å². The topological polar surface area (TPSA) is 232 Å². The number of carbonyl (C=O) groups is 4. The summed E-state index contributed by atoms with van der Waals surface area (Å²) in [5.74, 6) is -1.63. The lowest BCUT2D eigenvalue weighted by molar-refractivity contribution is -0.141. The SMILES string of the molecule is Cc1ncsc1-c1ccc(CNC(=O)[C@@H]2C[C@@H](O)CN2C(=O)CC(C)(C)CC(OCCOCCOCCCc2ccc(CO[C@H](C)[C@@H](N)CCC(N)=O)cc2)C(N)=O)cc1. The van der Waals surface area contributed by atoms with Crippen LogP contribution in [0, 0.1) is 12.3 Å². The maximum atomic E-state index is 13.5. The highest BCUT2D eigenvalue weighted by Gasteiger charge is 2.41. The summed E-state index contributed by atoms with van der Waals surface area (Å²) in [7, 11) is 0. The highest BCUT2D eigenvalue weighted by molar-refractivity contribution is 7.13. The highest BCUT2D eigenvalue weighted by atomic mass is 32.1. The maximum absolute atomic E-state index is 13.5. The van der Waals surface area contributed by atoms with Crippen LogP contribution in [0.25, 0.3) is 10.4 Å². The van der Waals surface area contributed by atoms with Crippen molar-refractivity contribution in [1.29, 1.82) is 0 Å². The number of ether oxygens (including phenoxy) is 4. The molecule has 60 heavy (non-hydrogen) atoms. The molecule has 15 nitrogen and oxygen atoms in total. The summed E-state index contributed by atoms with van der Waals surface area (Å²) in [4.78, 5) is 56.9. The molecule has 0 bridgehead atoms. The molecular formula is C44H64N6O9S. The van der Waals surface area contributed by atoms with Gasteiger partial charge in [0.25, 0.3) is 0 Å². The van der Waals surface area contributed by atoms with E-state index in [-0.39, 0.29) is 81.9 Å². The lowest BCUT2D eigenvalue weighted by Gasteiger charge is -2.31. The maximum Gasteiger partial charge on any atom is 0.246 e. The number of hydrogen-bond donors (Lipinski definition) is 5. The van der Waals surface area contributed by atoms with Crippen molar-refractivity contribution in [2.45, 2.75) is 116 Å². The van der Waals surface area contributed by atoms with E-state index in [1.807, 2.05) is 69.6 Å². The van der Waals surface area contributed by atoms with E-state index in [0.717, 1.165) is 40.1 Å². The first kappa shape index (κ1) is 48.4. The van der Waals surface area contributed by atoms with Gasteiger partial charge in [0.2, 0.25) is 23.6 Å². The number of aliphatic hydroxyl groups is 1. The van der Waals surface area contributed by atoms with Gasteiger partial charge in [-0.25, -0.2) is 4.98 Å². The smallest absolute Gasteiger partial charge is 0.246 e. The van der Waals surface area contributed by atoms with Gasteiger partial charge in [0, 0.05) is 45.0 Å². The number of thiazole rings is 1. The monoisotopic (exact) mass is 852 g/mol. The van der Waals surface area contributed by atoms with Gasteiger partial charge < -0.3 is 51.5 Å². The van der Waals surface area contributed by atoms with Crippen LogP contribution in [0.5, 0.6) is 0 Å². The standard InChI is InChI=1S/C44H64N6O9S/c1-29-41(60-28-49-29)34-13-11-32(12-14-34)25-48-43(55)37-22-35(51)26-50(37)40(53)24-44(3,4)23-38(42(47)54)58-21-20-57-19-18-56-17-5-6-31-7-9-33(10-8-31)27-59-30(2)36(45)15-16-39(46)52/h7-14,28,30,35-38,51H,5-6,15-27,45H2,1-4H3,(H2,46,52)(H2,47,54)(H,48,55)/t30-,35-,36+,37+,38?/m1/s1. The number of aromatic nitrogens is 1. The van der Waals surface area contributed by atoms with Gasteiger partial charge >= 0.3 is 0 Å². The molecule has 0 saturated carbocycles. The fourth-order valence-corrected chi connectivity index (χ4v) is 7.78. The van der Waals surface area contributed by atoms with Crippen molar-refractivity contribution < 1.29 is 43.2 Å². The number of nitrogens with zero attached hydrogens (tertiary/aromatic N) is 2. The number of hydrogen-bond acceptors (Lipinski definition) is 12. The fourth-order valence-electron chi connectivity index (χ4n) is 6.97. The molecule has 1 fully saturated rings. The average molecular weight is 853 g/mol. The summed E-state index contributed by atoms with van der Waals surface area (Å²) in [5, 5.41) is 13.4. The first-order chi connectivity index (χ1) is 28.6. The van der Waals surface area contributed by atoms with Crippen LogP contribution in [0.1, 0.15) is 81.7 Å². The fraction of sp³-hybridized carbons (Fsp3) is 0.568. The number of amides is 4. The number of benzene rings is 2. The Balaban J connectivity index is 1.08. The van der Waals surface area contributed by atoms with Gasteiger partial charge in [0.05, 0.1) is 61.3 Å². The number of nitrogens with one attached hydrogen (secondary N) is 1. The Morgan fingerprint density at radius 2 is 1.60 bits per heavy atom. The van der Waals surface area contributed by atoms with E-state index in [2.05, 4.69) is 22.4 Å². The number of carbonyl (C=O) groups excluding carboxylic acids is 4. The van der Waals surface area contributed by atoms with Crippen LogP contribution in [0.4, 0.5) is 0 Å². The zero-order chi connectivity index (χ0) is 43.7.